The van der Waals surface area contributed by atoms with E-state index < -0.39 is 0 Å². The first kappa shape index (κ1) is 13.2. The van der Waals surface area contributed by atoms with E-state index in [4.69, 9.17) is 0 Å². The lowest BCUT2D eigenvalue weighted by Gasteiger charge is -2.14. The zero-order chi connectivity index (χ0) is 11.8. The molecule has 0 saturated carbocycles. The number of hydrogen-bond acceptors (Lipinski definition) is 2. The molecule has 0 saturated heterocycles. The molecule has 0 aliphatic rings. The summed E-state index contributed by atoms with van der Waals surface area (Å²) in [6.45, 7) is 5.21. The fourth-order valence-electron chi connectivity index (χ4n) is 1.68. The number of hydrogen-bond donors (Lipinski definition) is 1. The lowest BCUT2D eigenvalue weighted by Crippen LogP contribution is -2.28. The number of nitrogens with one attached hydrogen (secondary N) is 1. The van der Waals surface area contributed by atoms with Crippen LogP contribution in [0.5, 0.6) is 0 Å². The van der Waals surface area contributed by atoms with Crippen molar-refractivity contribution in [3.63, 3.8) is 0 Å². The molecule has 0 aliphatic carbocycles. The van der Waals surface area contributed by atoms with Crippen molar-refractivity contribution in [2.24, 2.45) is 5.92 Å². The molecule has 1 amide bonds. The summed E-state index contributed by atoms with van der Waals surface area (Å²) in [5, 5.41) is 4.95. The van der Waals surface area contributed by atoms with Gasteiger partial charge in [-0.2, -0.15) is 0 Å². The average Bonchev–Trinajstić information content (AvgIpc) is 2.82. The summed E-state index contributed by atoms with van der Waals surface area (Å²) < 4.78 is 0. The van der Waals surface area contributed by atoms with E-state index in [1.54, 1.807) is 0 Å². The minimum absolute atomic E-state index is 0.0740. The van der Waals surface area contributed by atoms with Gasteiger partial charge in [0.25, 0.3) is 5.91 Å². The molecule has 1 N–H and O–H groups in total. The first-order valence-electron chi connectivity index (χ1n) is 6.09. The normalized spacial score (nSPS) is 12.4. The predicted molar refractivity (Wildman–Crippen MR) is 70.0 cm³/mol. The predicted octanol–water partition coefficient (Wildman–Crippen LogP) is 3.69. The van der Waals surface area contributed by atoms with Crippen LogP contribution in [0.4, 0.5) is 0 Å². The van der Waals surface area contributed by atoms with E-state index >= 15 is 0 Å². The minimum atomic E-state index is 0.0740. The summed E-state index contributed by atoms with van der Waals surface area (Å²) >= 11 is 1.50. The van der Waals surface area contributed by atoms with Gasteiger partial charge >= 0.3 is 0 Å². The largest absolute Gasteiger partial charge is 0.351 e. The molecule has 0 aliphatic heterocycles. The van der Waals surface area contributed by atoms with Crippen LogP contribution in [0.2, 0.25) is 0 Å². The summed E-state index contributed by atoms with van der Waals surface area (Å²) in [4.78, 5) is 12.5. The molecule has 1 heterocycles. The second kappa shape index (κ2) is 7.44. The second-order valence-corrected chi connectivity index (χ2v) is 5.05. The Morgan fingerprint density at radius 2 is 2.31 bits per heavy atom. The van der Waals surface area contributed by atoms with Gasteiger partial charge in [0.15, 0.2) is 0 Å². The molecule has 0 radical (unpaired) electrons. The van der Waals surface area contributed by atoms with Crippen LogP contribution >= 0.6 is 11.3 Å². The van der Waals surface area contributed by atoms with Gasteiger partial charge in [-0.1, -0.05) is 39.2 Å². The van der Waals surface area contributed by atoms with Crippen molar-refractivity contribution in [1.29, 1.82) is 0 Å². The number of amides is 1. The Labute approximate surface area is 102 Å². The molecule has 90 valence electrons. The number of rotatable bonds is 7. The van der Waals surface area contributed by atoms with E-state index in [1.165, 1.54) is 30.6 Å². The Balaban J connectivity index is 2.29. The Bertz CT molecular complexity index is 295. The molecule has 0 spiro atoms. The van der Waals surface area contributed by atoms with Crippen molar-refractivity contribution in [1.82, 2.24) is 5.32 Å². The molecule has 2 nitrogen and oxygen atoms in total. The fraction of sp³-hybridized carbons (Fsp3) is 0.615. The summed E-state index contributed by atoms with van der Waals surface area (Å²) in [5.41, 5.74) is 0. The van der Waals surface area contributed by atoms with Crippen LogP contribution in [-0.4, -0.2) is 12.5 Å². The van der Waals surface area contributed by atoms with Gasteiger partial charge in [-0.3, -0.25) is 4.79 Å². The first-order chi connectivity index (χ1) is 7.77. The van der Waals surface area contributed by atoms with Gasteiger partial charge in [0.1, 0.15) is 0 Å². The zero-order valence-electron chi connectivity index (χ0n) is 10.2. The lowest BCUT2D eigenvalue weighted by molar-refractivity contribution is 0.0950. The fourth-order valence-corrected chi connectivity index (χ4v) is 2.32. The van der Waals surface area contributed by atoms with Crippen LogP contribution in [-0.2, 0) is 0 Å². The molecule has 3 heteroatoms. The maximum Gasteiger partial charge on any atom is 0.261 e. The van der Waals surface area contributed by atoms with Crippen LogP contribution < -0.4 is 5.32 Å². The smallest absolute Gasteiger partial charge is 0.261 e. The molecule has 1 aromatic rings. The quantitative estimate of drug-likeness (QED) is 0.772. The highest BCUT2D eigenvalue weighted by Crippen LogP contribution is 2.12. The van der Waals surface area contributed by atoms with Gasteiger partial charge in [0.05, 0.1) is 4.88 Å². The van der Waals surface area contributed by atoms with Crippen molar-refractivity contribution in [2.45, 2.75) is 39.5 Å². The van der Waals surface area contributed by atoms with Crippen LogP contribution in [0.25, 0.3) is 0 Å². The topological polar surface area (TPSA) is 29.1 Å². The average molecular weight is 239 g/mol. The van der Waals surface area contributed by atoms with Crippen molar-refractivity contribution in [3.05, 3.63) is 22.4 Å². The molecule has 1 rings (SSSR count). The number of carbonyl (C=O) groups excluding carboxylic acids is 1. The van der Waals surface area contributed by atoms with Gasteiger partial charge in [0, 0.05) is 6.54 Å². The first-order valence-corrected chi connectivity index (χ1v) is 6.97. The summed E-state index contributed by atoms with van der Waals surface area (Å²) in [7, 11) is 0. The molecule has 0 aromatic carbocycles. The van der Waals surface area contributed by atoms with Gasteiger partial charge in [0.2, 0.25) is 0 Å². The third kappa shape index (κ3) is 4.35. The molecule has 1 atom stereocenters. The van der Waals surface area contributed by atoms with Crippen LogP contribution in [0.15, 0.2) is 17.5 Å². The third-order valence-corrected chi connectivity index (χ3v) is 3.71. The van der Waals surface area contributed by atoms with E-state index in [9.17, 15) is 4.79 Å². The summed E-state index contributed by atoms with van der Waals surface area (Å²) in [6, 6.07) is 3.78. The van der Waals surface area contributed by atoms with E-state index in [-0.39, 0.29) is 5.91 Å². The molecule has 16 heavy (non-hydrogen) atoms. The summed E-state index contributed by atoms with van der Waals surface area (Å²) in [5.74, 6) is 0.703. The molecular formula is C13H21NOS. The van der Waals surface area contributed by atoms with Gasteiger partial charge < -0.3 is 5.32 Å². The van der Waals surface area contributed by atoms with Crippen LogP contribution in [0, 0.1) is 5.92 Å². The van der Waals surface area contributed by atoms with Crippen LogP contribution in [0.1, 0.15) is 49.2 Å². The molecule has 0 bridgehead atoms. The summed E-state index contributed by atoms with van der Waals surface area (Å²) in [6.07, 6.45) is 4.85. The highest BCUT2D eigenvalue weighted by atomic mass is 32.1. The van der Waals surface area contributed by atoms with E-state index in [2.05, 4.69) is 19.2 Å². The lowest BCUT2D eigenvalue weighted by atomic mass is 9.99. The molecule has 0 fully saturated rings. The van der Waals surface area contributed by atoms with Gasteiger partial charge in [-0.15, -0.1) is 11.3 Å². The Hall–Kier alpha value is -0.830. The van der Waals surface area contributed by atoms with Crippen molar-refractivity contribution in [2.75, 3.05) is 6.54 Å². The number of thiophene rings is 1. The van der Waals surface area contributed by atoms with E-state index in [0.717, 1.165) is 17.8 Å². The molecule has 1 aromatic heterocycles. The number of unbranched alkanes of at least 4 members (excludes halogenated alkanes) is 1. The third-order valence-electron chi connectivity index (χ3n) is 2.84. The van der Waals surface area contributed by atoms with Crippen molar-refractivity contribution < 1.29 is 4.79 Å². The van der Waals surface area contributed by atoms with E-state index in [0.29, 0.717) is 5.92 Å². The monoisotopic (exact) mass is 239 g/mol. The maximum absolute atomic E-state index is 11.7. The highest BCUT2D eigenvalue weighted by molar-refractivity contribution is 7.12. The highest BCUT2D eigenvalue weighted by Gasteiger charge is 2.10. The van der Waals surface area contributed by atoms with Crippen molar-refractivity contribution >= 4 is 17.2 Å². The van der Waals surface area contributed by atoms with Crippen molar-refractivity contribution in [3.8, 4) is 0 Å². The van der Waals surface area contributed by atoms with Gasteiger partial charge in [-0.25, -0.2) is 0 Å². The maximum atomic E-state index is 11.7. The molecular weight excluding hydrogens is 218 g/mol. The van der Waals surface area contributed by atoms with Crippen LogP contribution in [0.3, 0.4) is 0 Å². The second-order valence-electron chi connectivity index (χ2n) is 4.10. The minimum Gasteiger partial charge on any atom is -0.351 e. The SMILES string of the molecule is CCCC[C@@H](CC)CNC(=O)c1cccs1. The molecule has 0 unspecified atom stereocenters. The Morgan fingerprint density at radius 3 is 2.88 bits per heavy atom. The number of carbonyl (C=O) groups is 1. The Kier molecular flexibility index (Phi) is 6.16. The Morgan fingerprint density at radius 1 is 1.50 bits per heavy atom. The van der Waals surface area contributed by atoms with Gasteiger partial charge in [-0.05, 0) is 23.8 Å². The zero-order valence-corrected chi connectivity index (χ0v) is 11.0. The standard InChI is InChI=1S/C13H21NOS/c1-3-5-7-11(4-2)10-14-13(15)12-8-6-9-16-12/h6,8-9,11H,3-5,7,10H2,1-2H3,(H,14,15)/t11-/m1/s1. The van der Waals surface area contributed by atoms with E-state index in [1.807, 2.05) is 17.5 Å².